The zero-order chi connectivity index (χ0) is 30.8. The molecule has 0 fully saturated rings. The van der Waals surface area contributed by atoms with Crippen LogP contribution in [0.5, 0.6) is 0 Å². The SMILES string of the molecule is Clc1cccc2cc3c(NCCCOCCOCCOCCCNc4cccc5cc6c(Cl)cccc6cc45)cccc3cc12. The van der Waals surface area contributed by atoms with E-state index in [1.54, 1.807) is 0 Å². The highest BCUT2D eigenvalue weighted by molar-refractivity contribution is 6.36. The van der Waals surface area contributed by atoms with Crippen molar-refractivity contribution < 1.29 is 14.2 Å². The van der Waals surface area contributed by atoms with Crippen LogP contribution in [0.25, 0.3) is 43.1 Å². The van der Waals surface area contributed by atoms with Gasteiger partial charge in [0.05, 0.1) is 26.4 Å². The Kier molecular flexibility index (Phi) is 10.9. The standard InChI is InChI=1S/C38H38Cl2N2O3/c39-35-11-1-7-27-25-33-29(23-31(27)35)9-3-13-37(33)41-15-5-17-43-19-21-45-22-20-44-18-6-16-42-38-14-4-10-30-24-32-28(26-34(30)38)8-2-12-36(32)40/h1-4,7-14,23-26,41-42H,5-6,15-22H2. The second-order valence-corrected chi connectivity index (χ2v) is 11.9. The van der Waals surface area contributed by atoms with E-state index >= 15 is 0 Å². The van der Waals surface area contributed by atoms with Crippen molar-refractivity contribution in [3.8, 4) is 0 Å². The van der Waals surface area contributed by atoms with Crippen molar-refractivity contribution in [3.63, 3.8) is 0 Å². The van der Waals surface area contributed by atoms with Crippen LogP contribution in [0.15, 0.2) is 97.1 Å². The maximum atomic E-state index is 6.40. The Bertz CT molecular complexity index is 1760. The fourth-order valence-electron chi connectivity index (χ4n) is 5.67. The summed E-state index contributed by atoms with van der Waals surface area (Å²) in [5.41, 5.74) is 2.25. The number of hydrogen-bond acceptors (Lipinski definition) is 5. The van der Waals surface area contributed by atoms with Crippen molar-refractivity contribution in [1.29, 1.82) is 0 Å². The van der Waals surface area contributed by atoms with E-state index in [1.807, 2.05) is 24.3 Å². The second kappa shape index (κ2) is 15.6. The molecule has 0 saturated carbocycles. The minimum absolute atomic E-state index is 0.568. The van der Waals surface area contributed by atoms with Gasteiger partial charge in [0.2, 0.25) is 0 Å². The Balaban J connectivity index is 0.807. The topological polar surface area (TPSA) is 51.8 Å². The molecule has 5 nitrogen and oxygen atoms in total. The molecule has 0 saturated heterocycles. The van der Waals surface area contributed by atoms with Gasteiger partial charge in [0, 0.05) is 69.3 Å². The third kappa shape index (κ3) is 7.99. The molecule has 6 aromatic carbocycles. The molecule has 0 aliphatic rings. The van der Waals surface area contributed by atoms with Gasteiger partial charge in [-0.1, -0.05) is 71.7 Å². The van der Waals surface area contributed by atoms with Crippen molar-refractivity contribution in [2.45, 2.75) is 12.8 Å². The fraction of sp³-hybridized carbons (Fsp3) is 0.263. The molecule has 0 radical (unpaired) electrons. The van der Waals surface area contributed by atoms with Gasteiger partial charge in [0.25, 0.3) is 0 Å². The van der Waals surface area contributed by atoms with Crippen LogP contribution in [-0.4, -0.2) is 52.7 Å². The van der Waals surface area contributed by atoms with E-state index < -0.39 is 0 Å². The highest BCUT2D eigenvalue weighted by Crippen LogP contribution is 2.33. The van der Waals surface area contributed by atoms with Gasteiger partial charge in [0.15, 0.2) is 0 Å². The first-order valence-electron chi connectivity index (χ1n) is 15.6. The summed E-state index contributed by atoms with van der Waals surface area (Å²) in [5.74, 6) is 0. The van der Waals surface area contributed by atoms with Crippen molar-refractivity contribution in [2.24, 2.45) is 0 Å². The van der Waals surface area contributed by atoms with Crippen LogP contribution in [0.2, 0.25) is 10.0 Å². The van der Waals surface area contributed by atoms with E-state index in [0.717, 1.165) is 68.9 Å². The molecule has 0 aliphatic heterocycles. The van der Waals surface area contributed by atoms with E-state index in [2.05, 4.69) is 83.4 Å². The minimum atomic E-state index is 0.568. The number of halogens is 2. The largest absolute Gasteiger partial charge is 0.384 e. The highest BCUT2D eigenvalue weighted by Gasteiger charge is 2.07. The lowest BCUT2D eigenvalue weighted by molar-refractivity contribution is 0.0145. The third-order valence-corrected chi connectivity index (χ3v) is 8.62. The Hall–Kier alpha value is -3.58. The normalized spacial score (nSPS) is 11.6. The van der Waals surface area contributed by atoms with Gasteiger partial charge >= 0.3 is 0 Å². The van der Waals surface area contributed by atoms with E-state index in [-0.39, 0.29) is 0 Å². The zero-order valence-electron chi connectivity index (χ0n) is 25.3. The van der Waals surface area contributed by atoms with Crippen molar-refractivity contribution in [3.05, 3.63) is 107 Å². The summed E-state index contributed by atoms with van der Waals surface area (Å²) < 4.78 is 17.2. The summed E-state index contributed by atoms with van der Waals surface area (Å²) in [5, 5.41) is 17.9. The summed E-state index contributed by atoms with van der Waals surface area (Å²) in [6.07, 6.45) is 1.83. The summed E-state index contributed by atoms with van der Waals surface area (Å²) in [4.78, 5) is 0. The van der Waals surface area contributed by atoms with Gasteiger partial charge in [-0.05, 0) is 82.9 Å². The number of rotatable bonds is 16. The quantitative estimate of drug-likeness (QED) is 0.0814. The molecule has 0 aromatic heterocycles. The Morgan fingerprint density at radius 3 is 1.22 bits per heavy atom. The van der Waals surface area contributed by atoms with Crippen LogP contribution in [0, 0.1) is 0 Å². The second-order valence-electron chi connectivity index (χ2n) is 11.1. The number of hydrogen-bond donors (Lipinski definition) is 2. The smallest absolute Gasteiger partial charge is 0.0701 e. The van der Waals surface area contributed by atoms with Gasteiger partial charge in [0.1, 0.15) is 0 Å². The van der Waals surface area contributed by atoms with Crippen LogP contribution in [0.4, 0.5) is 11.4 Å². The fourth-order valence-corrected chi connectivity index (χ4v) is 6.14. The lowest BCUT2D eigenvalue weighted by atomic mass is 10.0. The molecule has 45 heavy (non-hydrogen) atoms. The number of anilines is 2. The molecule has 6 rings (SSSR count). The van der Waals surface area contributed by atoms with Gasteiger partial charge in [-0.25, -0.2) is 0 Å². The molecular formula is C38H38Cl2N2O3. The van der Waals surface area contributed by atoms with Gasteiger partial charge in [-0.15, -0.1) is 0 Å². The maximum Gasteiger partial charge on any atom is 0.0701 e. The van der Waals surface area contributed by atoms with Gasteiger partial charge in [-0.2, -0.15) is 0 Å². The van der Waals surface area contributed by atoms with Crippen molar-refractivity contribution in [2.75, 3.05) is 63.4 Å². The summed E-state index contributed by atoms with van der Waals surface area (Å²) >= 11 is 12.8. The zero-order valence-corrected chi connectivity index (χ0v) is 26.8. The summed E-state index contributed by atoms with van der Waals surface area (Å²) in [6.45, 7) is 5.34. The van der Waals surface area contributed by atoms with Crippen LogP contribution >= 0.6 is 23.2 Å². The molecule has 0 spiro atoms. The van der Waals surface area contributed by atoms with Crippen molar-refractivity contribution >= 4 is 77.7 Å². The number of nitrogens with one attached hydrogen (secondary N) is 2. The molecule has 0 amide bonds. The minimum Gasteiger partial charge on any atom is -0.384 e. The van der Waals surface area contributed by atoms with E-state index in [1.165, 1.54) is 21.5 Å². The van der Waals surface area contributed by atoms with E-state index in [9.17, 15) is 0 Å². The maximum absolute atomic E-state index is 6.40. The molecule has 0 heterocycles. The van der Waals surface area contributed by atoms with Crippen molar-refractivity contribution in [1.82, 2.24) is 0 Å². The van der Waals surface area contributed by atoms with Gasteiger partial charge in [-0.3, -0.25) is 0 Å². The average molecular weight is 642 g/mol. The molecule has 232 valence electrons. The molecule has 0 atom stereocenters. The lowest BCUT2D eigenvalue weighted by Gasteiger charge is -2.12. The highest BCUT2D eigenvalue weighted by atomic mass is 35.5. The Morgan fingerprint density at radius 2 is 0.778 bits per heavy atom. The molecule has 6 aromatic rings. The molecule has 7 heteroatoms. The number of benzene rings is 6. The van der Waals surface area contributed by atoms with Crippen LogP contribution in [-0.2, 0) is 14.2 Å². The predicted octanol–water partition coefficient (Wildman–Crippen LogP) is 9.96. The predicted molar refractivity (Wildman–Crippen MR) is 192 cm³/mol. The average Bonchev–Trinajstić information content (AvgIpc) is 3.05. The first kappa shape index (κ1) is 31.4. The Morgan fingerprint density at radius 1 is 0.422 bits per heavy atom. The lowest BCUT2D eigenvalue weighted by Crippen LogP contribution is -2.12. The van der Waals surface area contributed by atoms with Crippen LogP contribution in [0.3, 0.4) is 0 Å². The molecule has 2 N–H and O–H groups in total. The first-order chi connectivity index (χ1) is 22.2. The van der Waals surface area contributed by atoms with Crippen LogP contribution < -0.4 is 10.6 Å². The molecule has 0 bridgehead atoms. The van der Waals surface area contributed by atoms with E-state index in [4.69, 9.17) is 37.4 Å². The summed E-state index contributed by atoms with van der Waals surface area (Å²) in [6, 6.07) is 33.4. The summed E-state index contributed by atoms with van der Waals surface area (Å²) in [7, 11) is 0. The molecular weight excluding hydrogens is 603 g/mol. The monoisotopic (exact) mass is 640 g/mol. The van der Waals surface area contributed by atoms with Gasteiger partial charge < -0.3 is 24.8 Å². The third-order valence-electron chi connectivity index (χ3n) is 7.96. The molecule has 0 unspecified atom stereocenters. The molecule has 0 aliphatic carbocycles. The number of fused-ring (bicyclic) bond motifs is 4. The first-order valence-corrected chi connectivity index (χ1v) is 16.4. The Labute approximate surface area is 274 Å². The van der Waals surface area contributed by atoms with E-state index in [0.29, 0.717) is 39.6 Å². The van der Waals surface area contributed by atoms with Crippen LogP contribution in [0.1, 0.15) is 12.8 Å². The number of ether oxygens (including phenoxy) is 3.